The molecule has 7 heteroatoms. The van der Waals surface area contributed by atoms with Crippen LogP contribution in [0.25, 0.3) is 11.4 Å². The molecular formula is C22H29N5O2. The summed E-state index contributed by atoms with van der Waals surface area (Å²) in [6.07, 6.45) is 8.25. The van der Waals surface area contributed by atoms with E-state index >= 15 is 0 Å². The maximum Gasteiger partial charge on any atom is 0.410 e. The van der Waals surface area contributed by atoms with Crippen LogP contribution in [0.15, 0.2) is 30.7 Å². The predicted octanol–water partition coefficient (Wildman–Crippen LogP) is 3.30. The number of likely N-dealkylation sites (tertiary alicyclic amines) is 1. The van der Waals surface area contributed by atoms with Crippen LogP contribution in [0.2, 0.25) is 0 Å². The van der Waals surface area contributed by atoms with E-state index in [4.69, 9.17) is 9.72 Å². The van der Waals surface area contributed by atoms with Gasteiger partial charge in [-0.25, -0.2) is 14.8 Å². The lowest BCUT2D eigenvalue weighted by atomic mass is 10.1. The summed E-state index contributed by atoms with van der Waals surface area (Å²) in [6.45, 7) is 9.15. The molecule has 1 atom stereocenters. The Morgan fingerprint density at radius 1 is 1.28 bits per heavy atom. The van der Waals surface area contributed by atoms with E-state index in [1.54, 1.807) is 12.4 Å². The zero-order chi connectivity index (χ0) is 20.4. The summed E-state index contributed by atoms with van der Waals surface area (Å²) < 4.78 is 5.60. The second kappa shape index (κ2) is 8.06. The fourth-order valence-corrected chi connectivity index (χ4v) is 4.05. The maximum absolute atomic E-state index is 12.5. The fourth-order valence-electron chi connectivity index (χ4n) is 4.05. The molecule has 2 aliphatic heterocycles. The van der Waals surface area contributed by atoms with Gasteiger partial charge in [-0.05, 0) is 45.7 Å². The number of ether oxygens (including phenoxy) is 1. The first kappa shape index (κ1) is 19.8. The van der Waals surface area contributed by atoms with Gasteiger partial charge in [0, 0.05) is 68.4 Å². The van der Waals surface area contributed by atoms with Crippen LogP contribution in [0.1, 0.15) is 44.9 Å². The van der Waals surface area contributed by atoms with Gasteiger partial charge < -0.3 is 9.64 Å². The highest BCUT2D eigenvalue weighted by Gasteiger charge is 2.34. The van der Waals surface area contributed by atoms with Crippen LogP contribution < -0.4 is 0 Å². The second-order valence-electron chi connectivity index (χ2n) is 8.86. The van der Waals surface area contributed by atoms with Crippen molar-refractivity contribution in [1.29, 1.82) is 0 Å². The van der Waals surface area contributed by atoms with E-state index in [0.717, 1.165) is 62.5 Å². The van der Waals surface area contributed by atoms with Crippen molar-refractivity contribution < 1.29 is 9.53 Å². The highest BCUT2D eigenvalue weighted by molar-refractivity contribution is 5.69. The standard InChI is InChI=1S/C22H29N5O2/c1-22(2,3)29-21(28)27-10-5-7-18(27)15-26-11-8-19-17(14-26)13-24-20(25-19)16-6-4-9-23-12-16/h4,6,9,12-13,18H,5,7-8,10-11,14-15H2,1-3H3. The molecule has 1 amide bonds. The van der Waals surface area contributed by atoms with E-state index in [1.807, 2.05) is 44.0 Å². The Bertz CT molecular complexity index is 865. The third-order valence-corrected chi connectivity index (χ3v) is 5.41. The van der Waals surface area contributed by atoms with Gasteiger partial charge in [-0.3, -0.25) is 9.88 Å². The summed E-state index contributed by atoms with van der Waals surface area (Å²) in [5.74, 6) is 0.734. The van der Waals surface area contributed by atoms with Crippen LogP contribution in [0, 0.1) is 0 Å². The molecule has 1 fully saturated rings. The molecule has 2 aliphatic rings. The van der Waals surface area contributed by atoms with Crippen molar-refractivity contribution >= 4 is 6.09 Å². The van der Waals surface area contributed by atoms with Gasteiger partial charge in [0.05, 0.1) is 5.69 Å². The first-order chi connectivity index (χ1) is 13.9. The minimum atomic E-state index is -0.461. The first-order valence-electron chi connectivity index (χ1n) is 10.4. The number of aromatic nitrogens is 3. The number of carbonyl (C=O) groups excluding carboxylic acids is 1. The van der Waals surface area contributed by atoms with Gasteiger partial charge in [0.25, 0.3) is 0 Å². The van der Waals surface area contributed by atoms with E-state index in [9.17, 15) is 4.79 Å². The minimum absolute atomic E-state index is 0.193. The van der Waals surface area contributed by atoms with Crippen molar-refractivity contribution in [2.24, 2.45) is 0 Å². The second-order valence-corrected chi connectivity index (χ2v) is 8.86. The number of nitrogens with zero attached hydrogens (tertiary/aromatic N) is 5. The lowest BCUT2D eigenvalue weighted by Gasteiger charge is -2.34. The van der Waals surface area contributed by atoms with E-state index in [-0.39, 0.29) is 12.1 Å². The summed E-state index contributed by atoms with van der Waals surface area (Å²) >= 11 is 0. The van der Waals surface area contributed by atoms with Gasteiger partial charge in [-0.2, -0.15) is 0 Å². The quantitative estimate of drug-likeness (QED) is 0.794. The van der Waals surface area contributed by atoms with E-state index in [1.165, 1.54) is 5.56 Å². The number of pyridine rings is 1. The molecule has 2 aromatic rings. The van der Waals surface area contributed by atoms with Gasteiger partial charge in [0.2, 0.25) is 0 Å². The topological polar surface area (TPSA) is 71.5 Å². The van der Waals surface area contributed by atoms with Gasteiger partial charge in [-0.15, -0.1) is 0 Å². The maximum atomic E-state index is 12.5. The van der Waals surface area contributed by atoms with Crippen molar-refractivity contribution in [2.75, 3.05) is 19.6 Å². The molecule has 0 aromatic carbocycles. The molecule has 2 aromatic heterocycles. The van der Waals surface area contributed by atoms with Crippen molar-refractivity contribution in [3.05, 3.63) is 42.0 Å². The molecule has 4 rings (SSSR count). The van der Waals surface area contributed by atoms with Crippen molar-refractivity contribution in [3.63, 3.8) is 0 Å². The summed E-state index contributed by atoms with van der Waals surface area (Å²) in [4.78, 5) is 30.3. The Hall–Kier alpha value is -2.54. The molecule has 0 radical (unpaired) electrons. The van der Waals surface area contributed by atoms with Crippen LogP contribution in [0.3, 0.4) is 0 Å². The largest absolute Gasteiger partial charge is 0.444 e. The highest BCUT2D eigenvalue weighted by Crippen LogP contribution is 2.25. The van der Waals surface area contributed by atoms with Crippen LogP contribution in [-0.2, 0) is 17.7 Å². The third-order valence-electron chi connectivity index (χ3n) is 5.41. The summed E-state index contributed by atoms with van der Waals surface area (Å²) in [6, 6.07) is 4.09. The summed E-state index contributed by atoms with van der Waals surface area (Å²) in [7, 11) is 0. The van der Waals surface area contributed by atoms with Crippen molar-refractivity contribution in [2.45, 2.75) is 58.2 Å². The molecule has 7 nitrogen and oxygen atoms in total. The normalized spacial score (nSPS) is 19.8. The lowest BCUT2D eigenvalue weighted by molar-refractivity contribution is 0.0192. The lowest BCUT2D eigenvalue weighted by Crippen LogP contribution is -2.46. The minimum Gasteiger partial charge on any atom is -0.444 e. The van der Waals surface area contributed by atoms with E-state index in [2.05, 4.69) is 14.9 Å². The van der Waals surface area contributed by atoms with Crippen LogP contribution in [0.5, 0.6) is 0 Å². The molecule has 1 saturated heterocycles. The smallest absolute Gasteiger partial charge is 0.410 e. The van der Waals surface area contributed by atoms with Crippen molar-refractivity contribution in [3.8, 4) is 11.4 Å². The van der Waals surface area contributed by atoms with E-state index < -0.39 is 5.60 Å². The number of amides is 1. The van der Waals surface area contributed by atoms with Crippen molar-refractivity contribution in [1.82, 2.24) is 24.8 Å². The van der Waals surface area contributed by atoms with Gasteiger partial charge in [0.1, 0.15) is 5.60 Å². The Morgan fingerprint density at radius 3 is 2.90 bits per heavy atom. The van der Waals surface area contributed by atoms with Gasteiger partial charge in [-0.1, -0.05) is 0 Å². The predicted molar refractivity (Wildman–Crippen MR) is 110 cm³/mol. The molecule has 0 bridgehead atoms. The van der Waals surface area contributed by atoms with Crippen LogP contribution >= 0.6 is 0 Å². The Balaban J connectivity index is 1.40. The zero-order valence-corrected chi connectivity index (χ0v) is 17.5. The zero-order valence-electron chi connectivity index (χ0n) is 17.5. The average Bonchev–Trinajstić information content (AvgIpc) is 3.15. The molecule has 154 valence electrons. The van der Waals surface area contributed by atoms with Crippen LogP contribution in [0.4, 0.5) is 4.79 Å². The van der Waals surface area contributed by atoms with Gasteiger partial charge >= 0.3 is 6.09 Å². The Morgan fingerprint density at radius 2 is 2.14 bits per heavy atom. The first-order valence-corrected chi connectivity index (χ1v) is 10.4. The number of hydrogen-bond donors (Lipinski definition) is 0. The molecule has 4 heterocycles. The number of carbonyl (C=O) groups is 1. The number of rotatable bonds is 3. The number of fused-ring (bicyclic) bond motifs is 1. The molecule has 0 N–H and O–H groups in total. The molecule has 0 spiro atoms. The van der Waals surface area contributed by atoms with Gasteiger partial charge in [0.15, 0.2) is 5.82 Å². The average molecular weight is 396 g/mol. The molecular weight excluding hydrogens is 366 g/mol. The molecule has 1 unspecified atom stereocenters. The fraction of sp³-hybridized carbons (Fsp3) is 0.545. The Labute approximate surface area is 172 Å². The molecule has 29 heavy (non-hydrogen) atoms. The summed E-state index contributed by atoms with van der Waals surface area (Å²) in [5, 5.41) is 0. The van der Waals surface area contributed by atoms with E-state index in [0.29, 0.717) is 0 Å². The molecule has 0 saturated carbocycles. The molecule has 0 aliphatic carbocycles. The number of hydrogen-bond acceptors (Lipinski definition) is 6. The SMILES string of the molecule is CC(C)(C)OC(=O)N1CCCC1CN1CCc2nc(-c3cccnc3)ncc2C1. The summed E-state index contributed by atoms with van der Waals surface area (Å²) in [5.41, 5.74) is 2.77. The van der Waals surface area contributed by atoms with Crippen LogP contribution in [-0.4, -0.2) is 62.1 Å². The monoisotopic (exact) mass is 395 g/mol. The highest BCUT2D eigenvalue weighted by atomic mass is 16.6. The Kier molecular flexibility index (Phi) is 5.50. The third kappa shape index (κ3) is 4.72.